The molecule has 0 bridgehead atoms. The number of likely N-dealkylation sites (tertiary alicyclic amines) is 1. The molecular formula is C32H37F3N5O3. The molecule has 3 aliphatic rings. The fourth-order valence-corrected chi connectivity index (χ4v) is 6.44. The lowest BCUT2D eigenvalue weighted by molar-refractivity contribution is 0.0208. The Morgan fingerprint density at radius 2 is 1.93 bits per heavy atom. The lowest BCUT2D eigenvalue weighted by Crippen LogP contribution is -2.50. The van der Waals surface area contributed by atoms with E-state index in [-0.39, 0.29) is 49.4 Å². The van der Waals surface area contributed by atoms with Crippen molar-refractivity contribution < 1.29 is 27.8 Å². The summed E-state index contributed by atoms with van der Waals surface area (Å²) in [5.41, 5.74) is 1.25. The number of benzene rings is 2. The molecular weight excluding hydrogens is 559 g/mol. The number of amides is 2. The van der Waals surface area contributed by atoms with Crippen molar-refractivity contribution in [3.05, 3.63) is 84.2 Å². The first-order chi connectivity index (χ1) is 20.9. The number of nitrogens with one attached hydrogen (secondary N) is 1. The normalized spacial score (nSPS) is 23.5. The van der Waals surface area contributed by atoms with Crippen molar-refractivity contribution in [1.29, 1.82) is 0 Å². The quantitative estimate of drug-likeness (QED) is 0.408. The van der Waals surface area contributed by atoms with E-state index in [9.17, 15) is 14.3 Å². The molecule has 1 aromatic heterocycles. The molecule has 3 saturated heterocycles. The van der Waals surface area contributed by atoms with E-state index < -0.39 is 35.9 Å². The number of alkyl halides is 1. The molecule has 4 heterocycles. The van der Waals surface area contributed by atoms with Crippen molar-refractivity contribution >= 4 is 6.03 Å². The predicted octanol–water partition coefficient (Wildman–Crippen LogP) is 4.20. The minimum Gasteiger partial charge on any atom is -0.391 e. The van der Waals surface area contributed by atoms with Gasteiger partial charge in [-0.1, -0.05) is 30.3 Å². The summed E-state index contributed by atoms with van der Waals surface area (Å²) in [6.45, 7) is 2.60. The van der Waals surface area contributed by atoms with Crippen LogP contribution in [0.4, 0.5) is 18.0 Å². The average Bonchev–Trinajstić information content (AvgIpc) is 3.75. The van der Waals surface area contributed by atoms with E-state index in [1.54, 1.807) is 22.4 Å². The largest absolute Gasteiger partial charge is 0.391 e. The van der Waals surface area contributed by atoms with Crippen molar-refractivity contribution in [1.82, 2.24) is 24.7 Å². The molecule has 0 spiro atoms. The van der Waals surface area contributed by atoms with Crippen LogP contribution in [0.3, 0.4) is 0 Å². The van der Waals surface area contributed by atoms with Crippen LogP contribution in [0.15, 0.2) is 54.7 Å². The zero-order valence-electron chi connectivity index (χ0n) is 23.9. The number of rotatable bonds is 8. The topological polar surface area (TPSA) is 82.9 Å². The van der Waals surface area contributed by atoms with E-state index in [4.69, 9.17) is 9.72 Å². The molecule has 229 valence electrons. The number of aromatic nitrogens is 2. The van der Waals surface area contributed by atoms with Gasteiger partial charge in [-0.2, -0.15) is 0 Å². The summed E-state index contributed by atoms with van der Waals surface area (Å²) in [4.78, 5) is 22.5. The van der Waals surface area contributed by atoms with Crippen molar-refractivity contribution in [3.8, 4) is 11.3 Å². The number of nitrogens with zero attached hydrogens (tertiary/aromatic N) is 4. The van der Waals surface area contributed by atoms with Crippen LogP contribution in [0, 0.1) is 29.9 Å². The molecule has 0 aliphatic carbocycles. The minimum atomic E-state index is -1.12. The van der Waals surface area contributed by atoms with E-state index in [1.165, 1.54) is 0 Å². The first-order valence-electron chi connectivity index (χ1n) is 14.9. The van der Waals surface area contributed by atoms with E-state index in [1.807, 2.05) is 34.9 Å². The molecule has 2 aromatic carbocycles. The van der Waals surface area contributed by atoms with Gasteiger partial charge in [0.2, 0.25) is 0 Å². The van der Waals surface area contributed by atoms with Crippen LogP contribution >= 0.6 is 0 Å². The second-order valence-corrected chi connectivity index (χ2v) is 11.7. The number of carbonyl (C=O) groups excluding carboxylic acids is 1. The Labute approximate surface area is 249 Å². The number of carbonyl (C=O) groups is 1. The van der Waals surface area contributed by atoms with Gasteiger partial charge in [-0.3, -0.25) is 0 Å². The summed E-state index contributed by atoms with van der Waals surface area (Å²) in [7, 11) is 0. The van der Waals surface area contributed by atoms with Gasteiger partial charge >= 0.3 is 6.03 Å². The van der Waals surface area contributed by atoms with Gasteiger partial charge in [-0.25, -0.2) is 22.9 Å². The van der Waals surface area contributed by atoms with Crippen LogP contribution in [0.5, 0.6) is 0 Å². The first-order valence-corrected chi connectivity index (χ1v) is 14.9. The van der Waals surface area contributed by atoms with Gasteiger partial charge in [0, 0.05) is 76.6 Å². The monoisotopic (exact) mass is 596 g/mol. The molecule has 2 amide bonds. The van der Waals surface area contributed by atoms with Crippen molar-refractivity contribution in [3.63, 3.8) is 0 Å². The number of β-amino-alcohol motifs (C(OH)–C–C–N with tert-alkyl or cyclic N) is 1. The Bertz CT molecular complexity index is 1400. The number of aliphatic hydroxyl groups is 1. The molecule has 6 rings (SSSR count). The number of hydrogen-bond donors (Lipinski definition) is 2. The van der Waals surface area contributed by atoms with Gasteiger partial charge in [0.25, 0.3) is 0 Å². The Hall–Kier alpha value is -3.41. The Morgan fingerprint density at radius 3 is 2.63 bits per heavy atom. The zero-order valence-corrected chi connectivity index (χ0v) is 23.9. The molecule has 1 radical (unpaired) electrons. The van der Waals surface area contributed by atoms with Crippen molar-refractivity contribution in [2.75, 3.05) is 45.9 Å². The first kappa shape index (κ1) is 29.7. The van der Waals surface area contributed by atoms with Gasteiger partial charge in [0.05, 0.1) is 17.8 Å². The van der Waals surface area contributed by atoms with Gasteiger partial charge < -0.3 is 29.5 Å². The summed E-state index contributed by atoms with van der Waals surface area (Å²) < 4.78 is 52.0. The molecule has 0 saturated carbocycles. The lowest BCUT2D eigenvalue weighted by Gasteiger charge is -2.41. The Balaban J connectivity index is 1.48. The number of urea groups is 1. The van der Waals surface area contributed by atoms with Crippen LogP contribution in [0.2, 0.25) is 0 Å². The third-order valence-electron chi connectivity index (χ3n) is 8.73. The second-order valence-electron chi connectivity index (χ2n) is 11.7. The van der Waals surface area contributed by atoms with Gasteiger partial charge in [0.15, 0.2) is 0 Å². The molecule has 1 unspecified atom stereocenters. The summed E-state index contributed by atoms with van der Waals surface area (Å²) in [5, 5.41) is 13.3. The number of aliphatic hydroxyl groups excluding tert-OH is 1. The van der Waals surface area contributed by atoms with Crippen LogP contribution in [0.1, 0.15) is 30.3 Å². The molecule has 4 atom stereocenters. The van der Waals surface area contributed by atoms with E-state index in [0.29, 0.717) is 45.0 Å². The molecule has 11 heteroatoms. The highest BCUT2D eigenvalue weighted by Gasteiger charge is 2.42. The van der Waals surface area contributed by atoms with Gasteiger partial charge in [-0.05, 0) is 42.5 Å². The van der Waals surface area contributed by atoms with Crippen molar-refractivity contribution in [2.45, 2.75) is 37.7 Å². The molecule has 3 aromatic rings. The highest BCUT2D eigenvalue weighted by molar-refractivity contribution is 5.76. The van der Waals surface area contributed by atoms with Crippen LogP contribution in [-0.4, -0.2) is 88.7 Å². The summed E-state index contributed by atoms with van der Waals surface area (Å²) in [6.07, 6.45) is 2.81. The smallest absolute Gasteiger partial charge is 0.320 e. The third kappa shape index (κ3) is 6.58. The number of halogens is 3. The summed E-state index contributed by atoms with van der Waals surface area (Å²) >= 11 is 0. The third-order valence-corrected chi connectivity index (χ3v) is 8.73. The van der Waals surface area contributed by atoms with E-state index in [0.717, 1.165) is 23.8 Å². The van der Waals surface area contributed by atoms with Gasteiger partial charge in [0.1, 0.15) is 23.6 Å². The molecule has 2 N–H and O–H groups in total. The SMILES string of the molecule is O=C(N1C[CH][C@@H](O)C1)N(C[C@@H]1CNC[C@@H]1F)C(c1nc(-c2cc(F)ccc2F)cn1Cc1ccccc1)C1CCOCC1. The van der Waals surface area contributed by atoms with E-state index in [2.05, 4.69) is 5.32 Å². The Kier molecular flexibility index (Phi) is 9.01. The zero-order chi connectivity index (χ0) is 29.9. The van der Waals surface area contributed by atoms with Crippen molar-refractivity contribution in [2.24, 2.45) is 11.8 Å². The summed E-state index contributed by atoms with van der Waals surface area (Å²) in [6, 6.07) is 12.1. The van der Waals surface area contributed by atoms with E-state index >= 15 is 8.78 Å². The Morgan fingerprint density at radius 1 is 1.14 bits per heavy atom. The van der Waals surface area contributed by atoms with Crippen LogP contribution in [-0.2, 0) is 11.3 Å². The van der Waals surface area contributed by atoms with Crippen LogP contribution < -0.4 is 5.32 Å². The fraction of sp³-hybridized carbons (Fsp3) is 0.469. The fourth-order valence-electron chi connectivity index (χ4n) is 6.44. The maximum atomic E-state index is 15.1. The summed E-state index contributed by atoms with van der Waals surface area (Å²) in [5.74, 6) is -1.18. The number of imidazole rings is 1. The molecule has 3 fully saturated rings. The maximum Gasteiger partial charge on any atom is 0.320 e. The molecule has 8 nitrogen and oxygen atoms in total. The minimum absolute atomic E-state index is 0.0257. The van der Waals surface area contributed by atoms with Gasteiger partial charge in [-0.15, -0.1) is 0 Å². The molecule has 43 heavy (non-hydrogen) atoms. The standard InChI is InChI=1S/C32H37F3N5O3/c33-24-6-7-27(34)26(14-24)29-20-39(17-21-4-2-1-3-5-21)31(37-29)30(22-9-12-43-13-10-22)40(18-23-15-36-16-28(23)35)32(42)38-11-8-25(41)19-38/h1-8,14,20,22-23,25,28,30,36,41H,9-13,15-19H2/t23-,25+,28-,30?/m0/s1. The lowest BCUT2D eigenvalue weighted by atomic mass is 9.89. The number of hydrogen-bond acceptors (Lipinski definition) is 5. The highest BCUT2D eigenvalue weighted by atomic mass is 19.1. The van der Waals surface area contributed by atoms with Crippen LogP contribution in [0.25, 0.3) is 11.3 Å². The second kappa shape index (κ2) is 13.1. The predicted molar refractivity (Wildman–Crippen MR) is 155 cm³/mol. The maximum absolute atomic E-state index is 15.1. The number of ether oxygens (including phenoxy) is 1. The molecule has 3 aliphatic heterocycles. The average molecular weight is 597 g/mol. The highest BCUT2D eigenvalue weighted by Crippen LogP contribution is 2.39.